The summed E-state index contributed by atoms with van der Waals surface area (Å²) in [4.78, 5) is 15.2. The molecule has 0 N–H and O–H groups in total. The van der Waals surface area contributed by atoms with E-state index < -0.39 is 16.0 Å². The number of anilines is 1. The van der Waals surface area contributed by atoms with Gasteiger partial charge in [0, 0.05) is 26.2 Å². The molecule has 2 aliphatic heterocycles. The van der Waals surface area contributed by atoms with E-state index in [0.717, 1.165) is 32.4 Å². The molecule has 0 aromatic heterocycles. The number of hydrogen-bond acceptors (Lipinski definition) is 6. The molecule has 9 heteroatoms. The second-order valence-electron chi connectivity index (χ2n) is 7.95. The Kier molecular flexibility index (Phi) is 7.07. The maximum absolute atomic E-state index is 13.1. The first-order valence-electron chi connectivity index (χ1n) is 10.8. The number of piperidine rings is 1. The van der Waals surface area contributed by atoms with Gasteiger partial charge in [0.1, 0.15) is 12.4 Å². The largest absolute Gasteiger partial charge is 0.457 e. The fourth-order valence-electron chi connectivity index (χ4n) is 3.99. The lowest BCUT2D eigenvalue weighted by Gasteiger charge is -2.31. The number of nitrogens with zero attached hydrogens (tertiary/aromatic N) is 2. The van der Waals surface area contributed by atoms with E-state index in [-0.39, 0.29) is 36.0 Å². The zero-order chi connectivity index (χ0) is 22.6. The van der Waals surface area contributed by atoms with E-state index in [2.05, 4.69) is 4.90 Å². The van der Waals surface area contributed by atoms with Crippen molar-refractivity contribution < 1.29 is 27.1 Å². The molecular weight excluding hydrogens is 435 g/mol. The summed E-state index contributed by atoms with van der Waals surface area (Å²) < 4.78 is 51.5. The van der Waals surface area contributed by atoms with E-state index in [4.69, 9.17) is 9.47 Å². The summed E-state index contributed by atoms with van der Waals surface area (Å²) in [5.74, 6) is -0.970. The molecule has 0 amide bonds. The average Bonchev–Trinajstić information content (AvgIpc) is 2.84. The van der Waals surface area contributed by atoms with Gasteiger partial charge in [0.2, 0.25) is 10.0 Å². The summed E-state index contributed by atoms with van der Waals surface area (Å²) in [5, 5.41) is 0. The van der Waals surface area contributed by atoms with E-state index >= 15 is 0 Å². The smallest absolute Gasteiger partial charge is 0.340 e. The molecule has 0 radical (unpaired) electrons. The monoisotopic (exact) mass is 462 g/mol. The van der Waals surface area contributed by atoms with Gasteiger partial charge < -0.3 is 14.4 Å². The van der Waals surface area contributed by atoms with E-state index in [0.29, 0.717) is 24.5 Å². The van der Waals surface area contributed by atoms with Crippen molar-refractivity contribution in [2.75, 3.05) is 44.3 Å². The predicted molar refractivity (Wildman–Crippen MR) is 118 cm³/mol. The highest BCUT2D eigenvalue weighted by atomic mass is 32.2. The number of sulfonamides is 1. The van der Waals surface area contributed by atoms with Gasteiger partial charge in [0.15, 0.2) is 0 Å². The van der Waals surface area contributed by atoms with Crippen molar-refractivity contribution in [2.24, 2.45) is 0 Å². The Balaban J connectivity index is 1.62. The number of halogens is 1. The number of carbonyl (C=O) groups excluding carboxylic acids is 1. The molecule has 2 fully saturated rings. The quantitative estimate of drug-likeness (QED) is 0.614. The van der Waals surface area contributed by atoms with Gasteiger partial charge in [-0.05, 0) is 55.2 Å². The van der Waals surface area contributed by atoms with Crippen LogP contribution in [-0.4, -0.2) is 58.1 Å². The lowest BCUT2D eigenvalue weighted by Crippen LogP contribution is -2.40. The fourth-order valence-corrected chi connectivity index (χ4v) is 5.43. The minimum absolute atomic E-state index is 0.0288. The summed E-state index contributed by atoms with van der Waals surface area (Å²) in [5.41, 5.74) is 1.55. The van der Waals surface area contributed by atoms with Crippen LogP contribution >= 0.6 is 0 Å². The van der Waals surface area contributed by atoms with Crippen molar-refractivity contribution in [1.29, 1.82) is 0 Å². The highest BCUT2D eigenvalue weighted by molar-refractivity contribution is 7.89. The Morgan fingerprint density at radius 2 is 1.66 bits per heavy atom. The van der Waals surface area contributed by atoms with Crippen LogP contribution in [-0.2, 0) is 26.1 Å². The van der Waals surface area contributed by atoms with E-state index in [9.17, 15) is 17.6 Å². The normalized spacial score (nSPS) is 17.8. The summed E-state index contributed by atoms with van der Waals surface area (Å²) in [6.45, 7) is 2.82. The number of ether oxygens (including phenoxy) is 2. The highest BCUT2D eigenvalue weighted by Gasteiger charge is 2.29. The van der Waals surface area contributed by atoms with Crippen molar-refractivity contribution in [3.63, 3.8) is 0 Å². The minimum Gasteiger partial charge on any atom is -0.457 e. The van der Waals surface area contributed by atoms with Crippen LogP contribution in [0.2, 0.25) is 0 Å². The summed E-state index contributed by atoms with van der Waals surface area (Å²) in [6.07, 6.45) is 3.15. The number of esters is 1. The van der Waals surface area contributed by atoms with Crippen LogP contribution < -0.4 is 4.90 Å². The highest BCUT2D eigenvalue weighted by Crippen LogP contribution is 2.29. The summed E-state index contributed by atoms with van der Waals surface area (Å²) >= 11 is 0. The molecule has 2 saturated heterocycles. The number of rotatable bonds is 6. The van der Waals surface area contributed by atoms with Crippen LogP contribution in [0, 0.1) is 5.82 Å². The summed E-state index contributed by atoms with van der Waals surface area (Å²) in [6, 6.07) is 10.4. The molecule has 32 heavy (non-hydrogen) atoms. The number of carbonyl (C=O) groups is 1. The molecule has 0 unspecified atom stereocenters. The first-order valence-corrected chi connectivity index (χ1v) is 12.3. The standard InChI is InChI=1S/C23H27FN2O5S/c24-19-6-4-18(5-7-19)17-31-23(27)21-16-20(32(28,29)26-12-14-30-15-13-26)8-9-22(21)25-10-2-1-3-11-25/h4-9,16H,1-3,10-15,17H2. The Morgan fingerprint density at radius 1 is 0.969 bits per heavy atom. The zero-order valence-corrected chi connectivity index (χ0v) is 18.7. The summed E-state index contributed by atoms with van der Waals surface area (Å²) in [7, 11) is -3.75. The van der Waals surface area contributed by atoms with Crippen LogP contribution in [0.3, 0.4) is 0 Å². The molecule has 7 nitrogen and oxygen atoms in total. The lowest BCUT2D eigenvalue weighted by molar-refractivity contribution is 0.0473. The van der Waals surface area contributed by atoms with Crippen LogP contribution in [0.4, 0.5) is 10.1 Å². The third kappa shape index (κ3) is 5.11. The Hall–Kier alpha value is -2.49. The average molecular weight is 463 g/mol. The van der Waals surface area contributed by atoms with Crippen LogP contribution in [0.5, 0.6) is 0 Å². The molecule has 172 valence electrons. The van der Waals surface area contributed by atoms with Gasteiger partial charge in [-0.2, -0.15) is 4.31 Å². The van der Waals surface area contributed by atoms with Crippen molar-refractivity contribution >= 4 is 21.7 Å². The second kappa shape index (κ2) is 9.97. The first-order chi connectivity index (χ1) is 15.4. The van der Waals surface area contributed by atoms with Gasteiger partial charge in [-0.1, -0.05) is 12.1 Å². The maximum atomic E-state index is 13.1. The molecule has 0 atom stereocenters. The molecule has 4 rings (SSSR count). The SMILES string of the molecule is O=C(OCc1ccc(F)cc1)c1cc(S(=O)(=O)N2CCOCC2)ccc1N1CCCCC1. The van der Waals surface area contributed by atoms with E-state index in [1.165, 1.54) is 22.5 Å². The third-order valence-electron chi connectivity index (χ3n) is 5.78. The minimum atomic E-state index is -3.75. The Bertz CT molecular complexity index is 1050. The van der Waals surface area contributed by atoms with E-state index in [1.807, 2.05) is 0 Å². The molecule has 2 aromatic rings. The molecular formula is C23H27FN2O5S. The number of benzene rings is 2. The molecule has 0 aliphatic carbocycles. The number of hydrogen-bond donors (Lipinski definition) is 0. The maximum Gasteiger partial charge on any atom is 0.340 e. The Morgan fingerprint density at radius 3 is 2.34 bits per heavy atom. The van der Waals surface area contributed by atoms with Crippen molar-refractivity contribution in [2.45, 2.75) is 30.8 Å². The second-order valence-corrected chi connectivity index (χ2v) is 9.88. The molecule has 0 saturated carbocycles. The van der Waals surface area contributed by atoms with Crippen LogP contribution in [0.15, 0.2) is 47.4 Å². The van der Waals surface area contributed by atoms with Gasteiger partial charge >= 0.3 is 5.97 Å². The van der Waals surface area contributed by atoms with Gasteiger partial charge in [-0.25, -0.2) is 17.6 Å². The molecule has 2 heterocycles. The Labute approximate surface area is 187 Å². The molecule has 2 aromatic carbocycles. The molecule has 0 spiro atoms. The lowest BCUT2D eigenvalue weighted by atomic mass is 10.1. The third-order valence-corrected chi connectivity index (χ3v) is 7.67. The van der Waals surface area contributed by atoms with Crippen LogP contribution in [0.1, 0.15) is 35.2 Å². The van der Waals surface area contributed by atoms with Gasteiger partial charge in [-0.15, -0.1) is 0 Å². The number of morpholine rings is 1. The van der Waals surface area contributed by atoms with Crippen molar-refractivity contribution in [3.05, 3.63) is 59.4 Å². The predicted octanol–water partition coefficient (Wildman–Crippen LogP) is 3.19. The van der Waals surface area contributed by atoms with Gasteiger partial charge in [0.05, 0.1) is 29.4 Å². The zero-order valence-electron chi connectivity index (χ0n) is 17.8. The van der Waals surface area contributed by atoms with Gasteiger partial charge in [0.25, 0.3) is 0 Å². The van der Waals surface area contributed by atoms with Gasteiger partial charge in [-0.3, -0.25) is 0 Å². The molecule has 2 aliphatic rings. The van der Waals surface area contributed by atoms with Crippen molar-refractivity contribution in [1.82, 2.24) is 4.31 Å². The topological polar surface area (TPSA) is 76.2 Å². The first kappa shape index (κ1) is 22.7. The molecule has 0 bridgehead atoms. The fraction of sp³-hybridized carbons (Fsp3) is 0.435. The van der Waals surface area contributed by atoms with E-state index in [1.54, 1.807) is 24.3 Å². The van der Waals surface area contributed by atoms with Crippen LogP contribution in [0.25, 0.3) is 0 Å². The van der Waals surface area contributed by atoms with Crippen molar-refractivity contribution in [3.8, 4) is 0 Å².